The van der Waals surface area contributed by atoms with E-state index in [-0.39, 0.29) is 17.9 Å². The molecule has 1 amide bonds. The molecule has 2 rings (SSSR count). The minimum Gasteiger partial charge on any atom is -0.463 e. The van der Waals surface area contributed by atoms with Gasteiger partial charge >= 0.3 is 6.01 Å². The van der Waals surface area contributed by atoms with Crippen LogP contribution in [-0.4, -0.2) is 37.5 Å². The third-order valence-corrected chi connectivity index (χ3v) is 2.70. The van der Waals surface area contributed by atoms with E-state index in [1.807, 2.05) is 20.8 Å². The predicted molar refractivity (Wildman–Crippen MR) is 72.8 cm³/mol. The highest BCUT2D eigenvalue weighted by Crippen LogP contribution is 2.10. The van der Waals surface area contributed by atoms with Crippen LogP contribution < -0.4 is 10.1 Å². The van der Waals surface area contributed by atoms with Gasteiger partial charge in [-0.15, -0.1) is 5.10 Å². The summed E-state index contributed by atoms with van der Waals surface area (Å²) in [6, 6.07) is 1.99. The number of anilines is 1. The molecular formula is C12H18N6O2. The largest absolute Gasteiger partial charge is 0.463 e. The molecule has 2 N–H and O–H groups in total. The molecule has 2 aromatic rings. The van der Waals surface area contributed by atoms with Gasteiger partial charge in [-0.3, -0.25) is 14.8 Å². The SMILES string of the molecule is CCOc1n[nH]c(NC(=O)c2cc(CC)nn2CC)n1. The quantitative estimate of drug-likeness (QED) is 0.828. The second kappa shape index (κ2) is 6.18. The zero-order valence-electron chi connectivity index (χ0n) is 11.8. The first-order valence-corrected chi connectivity index (χ1v) is 6.61. The van der Waals surface area contributed by atoms with Crippen LogP contribution in [0.15, 0.2) is 6.07 Å². The fourth-order valence-electron chi connectivity index (χ4n) is 1.73. The minimum absolute atomic E-state index is 0.209. The Bertz CT molecular complexity index is 589. The number of nitrogens with zero attached hydrogens (tertiary/aromatic N) is 4. The molecule has 0 aliphatic carbocycles. The first-order valence-electron chi connectivity index (χ1n) is 6.61. The summed E-state index contributed by atoms with van der Waals surface area (Å²) in [5.74, 6) is -0.0291. The summed E-state index contributed by atoms with van der Waals surface area (Å²) in [7, 11) is 0. The Hall–Kier alpha value is -2.38. The molecule has 2 aromatic heterocycles. The van der Waals surface area contributed by atoms with E-state index in [1.54, 1.807) is 10.7 Å². The molecule has 0 fully saturated rings. The van der Waals surface area contributed by atoms with Crippen molar-refractivity contribution in [2.45, 2.75) is 33.7 Å². The molecule has 0 aliphatic rings. The molecule has 20 heavy (non-hydrogen) atoms. The van der Waals surface area contributed by atoms with Crippen LogP contribution in [0.4, 0.5) is 5.95 Å². The summed E-state index contributed by atoms with van der Waals surface area (Å²) in [6.07, 6.45) is 0.782. The number of carbonyl (C=O) groups excluding carboxylic acids is 1. The van der Waals surface area contributed by atoms with E-state index >= 15 is 0 Å². The molecule has 8 heteroatoms. The highest BCUT2D eigenvalue weighted by molar-refractivity contribution is 6.02. The molecule has 8 nitrogen and oxygen atoms in total. The molecule has 0 atom stereocenters. The van der Waals surface area contributed by atoms with Gasteiger partial charge in [0.1, 0.15) is 5.69 Å². The van der Waals surface area contributed by atoms with Gasteiger partial charge in [0.15, 0.2) is 0 Å². The van der Waals surface area contributed by atoms with Crippen molar-refractivity contribution in [3.05, 3.63) is 17.5 Å². The van der Waals surface area contributed by atoms with E-state index in [1.165, 1.54) is 0 Å². The summed E-state index contributed by atoms with van der Waals surface area (Å²) < 4.78 is 6.78. The van der Waals surface area contributed by atoms with E-state index in [2.05, 4.69) is 25.6 Å². The molecule has 0 radical (unpaired) electrons. The number of rotatable bonds is 6. The summed E-state index contributed by atoms with van der Waals surface area (Å²) in [6.45, 7) is 6.86. The van der Waals surface area contributed by atoms with Crippen molar-refractivity contribution in [3.63, 3.8) is 0 Å². The lowest BCUT2D eigenvalue weighted by Crippen LogP contribution is -2.18. The first kappa shape index (κ1) is 14.0. The Morgan fingerprint density at radius 1 is 1.45 bits per heavy atom. The van der Waals surface area contributed by atoms with E-state index in [0.29, 0.717) is 18.8 Å². The number of H-pyrrole nitrogens is 1. The molecular weight excluding hydrogens is 260 g/mol. The van der Waals surface area contributed by atoms with Crippen molar-refractivity contribution in [3.8, 4) is 6.01 Å². The summed E-state index contributed by atoms with van der Waals surface area (Å²) >= 11 is 0. The van der Waals surface area contributed by atoms with Crippen LogP contribution in [0.25, 0.3) is 0 Å². The first-order chi connectivity index (χ1) is 9.67. The van der Waals surface area contributed by atoms with Gasteiger partial charge in [-0.25, -0.2) is 5.10 Å². The van der Waals surface area contributed by atoms with Crippen molar-refractivity contribution in [1.82, 2.24) is 25.0 Å². The van der Waals surface area contributed by atoms with Crippen molar-refractivity contribution < 1.29 is 9.53 Å². The molecule has 0 spiro atoms. The number of aromatic amines is 1. The van der Waals surface area contributed by atoms with E-state index in [0.717, 1.165) is 12.1 Å². The van der Waals surface area contributed by atoms with Gasteiger partial charge in [-0.1, -0.05) is 6.92 Å². The minimum atomic E-state index is -0.279. The maximum absolute atomic E-state index is 12.2. The third kappa shape index (κ3) is 2.95. The number of hydrogen-bond acceptors (Lipinski definition) is 5. The van der Waals surface area contributed by atoms with Gasteiger partial charge in [-0.05, 0) is 26.3 Å². The average molecular weight is 278 g/mol. The van der Waals surface area contributed by atoms with Gasteiger partial charge in [0.05, 0.1) is 12.3 Å². The van der Waals surface area contributed by atoms with Crippen LogP contribution in [0, 0.1) is 0 Å². The van der Waals surface area contributed by atoms with Crippen LogP contribution in [0.1, 0.15) is 37.0 Å². The van der Waals surface area contributed by atoms with Crippen molar-refractivity contribution in [2.24, 2.45) is 0 Å². The predicted octanol–water partition coefficient (Wildman–Crippen LogP) is 1.23. The summed E-state index contributed by atoms with van der Waals surface area (Å²) in [4.78, 5) is 16.2. The average Bonchev–Trinajstić information content (AvgIpc) is 3.05. The van der Waals surface area contributed by atoms with Crippen molar-refractivity contribution >= 4 is 11.9 Å². The zero-order valence-corrected chi connectivity index (χ0v) is 11.8. The van der Waals surface area contributed by atoms with Gasteiger partial charge in [0.2, 0.25) is 5.95 Å². The van der Waals surface area contributed by atoms with E-state index < -0.39 is 0 Å². The molecule has 108 valence electrons. The smallest absolute Gasteiger partial charge is 0.337 e. The second-order valence-corrected chi connectivity index (χ2v) is 4.04. The Morgan fingerprint density at radius 3 is 2.90 bits per heavy atom. The number of nitrogens with one attached hydrogen (secondary N) is 2. The summed E-state index contributed by atoms with van der Waals surface area (Å²) in [5, 5.41) is 13.4. The summed E-state index contributed by atoms with van der Waals surface area (Å²) in [5.41, 5.74) is 1.38. The highest BCUT2D eigenvalue weighted by atomic mass is 16.5. The topological polar surface area (TPSA) is 97.7 Å². The fraction of sp³-hybridized carbons (Fsp3) is 0.500. The lowest BCUT2D eigenvalue weighted by atomic mass is 10.3. The lowest BCUT2D eigenvalue weighted by molar-refractivity contribution is 0.101. The second-order valence-electron chi connectivity index (χ2n) is 4.04. The third-order valence-electron chi connectivity index (χ3n) is 2.70. The van der Waals surface area contributed by atoms with E-state index in [9.17, 15) is 4.79 Å². The number of ether oxygens (including phenoxy) is 1. The number of amides is 1. The van der Waals surface area contributed by atoms with Crippen LogP contribution in [0.3, 0.4) is 0 Å². The maximum atomic E-state index is 12.2. The molecule has 0 bridgehead atoms. The maximum Gasteiger partial charge on any atom is 0.337 e. The van der Waals surface area contributed by atoms with Gasteiger partial charge in [-0.2, -0.15) is 10.1 Å². The van der Waals surface area contributed by atoms with Crippen LogP contribution in [-0.2, 0) is 13.0 Å². The number of aryl methyl sites for hydroxylation is 2. The molecule has 0 saturated heterocycles. The van der Waals surface area contributed by atoms with Crippen molar-refractivity contribution in [1.29, 1.82) is 0 Å². The molecule has 0 aromatic carbocycles. The van der Waals surface area contributed by atoms with Crippen LogP contribution in [0.2, 0.25) is 0 Å². The lowest BCUT2D eigenvalue weighted by Gasteiger charge is -2.03. The normalized spacial score (nSPS) is 10.6. The monoisotopic (exact) mass is 278 g/mol. The van der Waals surface area contributed by atoms with E-state index in [4.69, 9.17) is 4.74 Å². The van der Waals surface area contributed by atoms with Crippen LogP contribution >= 0.6 is 0 Å². The van der Waals surface area contributed by atoms with Crippen molar-refractivity contribution in [2.75, 3.05) is 11.9 Å². The molecule has 0 saturated carbocycles. The number of carbonyl (C=O) groups is 1. The molecule has 0 aliphatic heterocycles. The molecule has 0 unspecified atom stereocenters. The Kier molecular flexibility index (Phi) is 4.34. The standard InChI is InChI=1S/C12H18N6O2/c1-4-8-7-9(18(5-2)17-8)10(19)13-11-14-12(16-15-11)20-6-3/h7H,4-6H2,1-3H3,(H2,13,14,15,16,19). The molecule has 2 heterocycles. The number of hydrogen-bond donors (Lipinski definition) is 2. The Balaban J connectivity index is 2.12. The number of aromatic nitrogens is 5. The fourth-order valence-corrected chi connectivity index (χ4v) is 1.73. The Morgan fingerprint density at radius 2 is 2.25 bits per heavy atom. The van der Waals surface area contributed by atoms with Crippen LogP contribution in [0.5, 0.6) is 6.01 Å². The zero-order chi connectivity index (χ0) is 14.5. The highest BCUT2D eigenvalue weighted by Gasteiger charge is 2.16. The Labute approximate surface area is 116 Å². The van der Waals surface area contributed by atoms with Gasteiger partial charge < -0.3 is 4.74 Å². The van der Waals surface area contributed by atoms with Gasteiger partial charge in [0.25, 0.3) is 5.91 Å². The van der Waals surface area contributed by atoms with Gasteiger partial charge in [0, 0.05) is 6.54 Å².